The van der Waals surface area contributed by atoms with E-state index in [1.54, 1.807) is 18.3 Å². The van der Waals surface area contributed by atoms with Gasteiger partial charge in [-0.15, -0.1) is 11.3 Å². The molecule has 5 heteroatoms. The van der Waals surface area contributed by atoms with Gasteiger partial charge in [0.2, 0.25) is 0 Å². The molecule has 1 aromatic heterocycles. The summed E-state index contributed by atoms with van der Waals surface area (Å²) in [6, 6.07) is 12.4. The lowest BCUT2D eigenvalue weighted by molar-refractivity contribution is -0.126. The summed E-state index contributed by atoms with van der Waals surface area (Å²) >= 11 is 1.56. The summed E-state index contributed by atoms with van der Waals surface area (Å²) < 4.78 is 11.5. The van der Waals surface area contributed by atoms with E-state index in [9.17, 15) is 9.59 Å². The van der Waals surface area contributed by atoms with Gasteiger partial charge in [-0.2, -0.15) is 0 Å². The van der Waals surface area contributed by atoms with Crippen LogP contribution in [0.2, 0.25) is 0 Å². The Morgan fingerprint density at radius 1 is 1.03 bits per heavy atom. The molecule has 0 bridgehead atoms. The first-order chi connectivity index (χ1) is 15.5. The fourth-order valence-corrected chi connectivity index (χ4v) is 6.85. The fourth-order valence-electron chi connectivity index (χ4n) is 5.73. The molecule has 2 aromatic rings. The average molecular weight is 453 g/mol. The largest absolute Gasteiger partial charge is 0.350 e. The maximum absolute atomic E-state index is 13.6. The Kier molecular flexibility index (Phi) is 6.33. The highest BCUT2D eigenvalue weighted by atomic mass is 32.1. The predicted octanol–water partition coefficient (Wildman–Crippen LogP) is 6.11. The fraction of sp³-hybridized carbons (Fsp3) is 0.556. The Bertz CT molecular complexity index is 967. The predicted molar refractivity (Wildman–Crippen MR) is 126 cm³/mol. The number of ketones is 2. The molecule has 3 unspecified atom stereocenters. The number of ether oxygens (including phenoxy) is 2. The number of carbonyl (C=O) groups is 2. The first kappa shape index (κ1) is 22.0. The van der Waals surface area contributed by atoms with Crippen molar-refractivity contribution >= 4 is 22.9 Å². The van der Waals surface area contributed by atoms with Crippen LogP contribution in [0.1, 0.15) is 67.1 Å². The van der Waals surface area contributed by atoms with Crippen LogP contribution in [0.5, 0.6) is 0 Å². The monoisotopic (exact) mass is 452 g/mol. The van der Waals surface area contributed by atoms with Crippen LogP contribution in [-0.2, 0) is 14.3 Å². The van der Waals surface area contributed by atoms with Crippen LogP contribution >= 0.6 is 11.3 Å². The van der Waals surface area contributed by atoms with Crippen LogP contribution in [0, 0.1) is 23.7 Å². The zero-order valence-electron chi connectivity index (χ0n) is 18.9. The molecular formula is C27H32O4S. The summed E-state index contributed by atoms with van der Waals surface area (Å²) in [6.07, 6.45) is 4.80. The van der Waals surface area contributed by atoms with Gasteiger partial charge < -0.3 is 9.47 Å². The molecule has 1 aromatic carbocycles. The van der Waals surface area contributed by atoms with Gasteiger partial charge in [0.15, 0.2) is 12.1 Å². The lowest BCUT2D eigenvalue weighted by atomic mass is 9.79. The molecule has 0 N–H and O–H groups in total. The van der Waals surface area contributed by atoms with Gasteiger partial charge in [0, 0.05) is 23.1 Å². The van der Waals surface area contributed by atoms with Crippen molar-refractivity contribution in [3.8, 4) is 10.4 Å². The molecule has 3 aliphatic rings. The molecule has 170 valence electrons. The number of benzene rings is 1. The molecule has 1 aliphatic heterocycles. The maximum atomic E-state index is 13.6. The molecule has 0 radical (unpaired) electrons. The number of thiophene rings is 1. The molecule has 2 saturated carbocycles. The smallest absolute Gasteiger partial charge is 0.170 e. The summed E-state index contributed by atoms with van der Waals surface area (Å²) in [5.74, 6) is 1.67. The van der Waals surface area contributed by atoms with Crippen LogP contribution < -0.4 is 0 Å². The summed E-state index contributed by atoms with van der Waals surface area (Å²) in [6.45, 7) is 5.17. The molecule has 0 spiro atoms. The highest BCUT2D eigenvalue weighted by Gasteiger charge is 2.58. The van der Waals surface area contributed by atoms with E-state index >= 15 is 0 Å². The van der Waals surface area contributed by atoms with Gasteiger partial charge in [0.1, 0.15) is 5.78 Å². The van der Waals surface area contributed by atoms with Gasteiger partial charge in [-0.1, -0.05) is 50.1 Å². The van der Waals surface area contributed by atoms with Gasteiger partial charge in [-0.25, -0.2) is 0 Å². The summed E-state index contributed by atoms with van der Waals surface area (Å²) in [7, 11) is 0. The van der Waals surface area contributed by atoms with Crippen molar-refractivity contribution in [3.05, 3.63) is 46.8 Å². The van der Waals surface area contributed by atoms with Gasteiger partial charge in [-0.3, -0.25) is 9.59 Å². The molecule has 3 atom stereocenters. The van der Waals surface area contributed by atoms with E-state index in [2.05, 4.69) is 25.1 Å². The average Bonchev–Trinajstić information content (AvgIpc) is 3.13. The molecule has 2 aliphatic carbocycles. The van der Waals surface area contributed by atoms with Crippen LogP contribution in [0.4, 0.5) is 0 Å². The molecule has 0 amide bonds. The minimum Gasteiger partial charge on any atom is -0.350 e. The molecule has 2 heterocycles. The highest BCUT2D eigenvalue weighted by Crippen LogP contribution is 2.60. The Labute approximate surface area is 194 Å². The first-order valence-corrected chi connectivity index (χ1v) is 12.8. The van der Waals surface area contributed by atoms with Crippen LogP contribution in [-0.4, -0.2) is 31.1 Å². The van der Waals surface area contributed by atoms with Gasteiger partial charge >= 0.3 is 0 Å². The van der Waals surface area contributed by atoms with Crippen molar-refractivity contribution in [3.63, 3.8) is 0 Å². The van der Waals surface area contributed by atoms with E-state index < -0.39 is 0 Å². The first-order valence-electron chi connectivity index (χ1n) is 12.0. The van der Waals surface area contributed by atoms with Crippen LogP contribution in [0.15, 0.2) is 36.4 Å². The Balaban J connectivity index is 1.44. The minimum absolute atomic E-state index is 0.0162. The summed E-state index contributed by atoms with van der Waals surface area (Å²) in [5, 5.41) is 0. The Hall–Kier alpha value is -1.82. The van der Waals surface area contributed by atoms with Crippen molar-refractivity contribution in [1.82, 2.24) is 0 Å². The lowest BCUT2D eigenvalue weighted by Gasteiger charge is -2.25. The minimum atomic E-state index is -0.223. The zero-order chi connectivity index (χ0) is 22.2. The summed E-state index contributed by atoms with van der Waals surface area (Å²) in [5.41, 5.74) is 2.18. The third kappa shape index (κ3) is 4.35. The van der Waals surface area contributed by atoms with Gasteiger partial charge in [0.25, 0.3) is 0 Å². The van der Waals surface area contributed by atoms with Gasteiger partial charge in [-0.05, 0) is 54.7 Å². The van der Waals surface area contributed by atoms with E-state index in [-0.39, 0.29) is 35.7 Å². The van der Waals surface area contributed by atoms with E-state index in [0.29, 0.717) is 19.0 Å². The summed E-state index contributed by atoms with van der Waals surface area (Å²) in [4.78, 5) is 28.1. The van der Waals surface area contributed by atoms with Crippen LogP contribution in [0.3, 0.4) is 0 Å². The Morgan fingerprint density at radius 2 is 1.72 bits per heavy atom. The van der Waals surface area contributed by atoms with Crippen molar-refractivity contribution < 1.29 is 19.1 Å². The number of carbonyl (C=O) groups excluding carboxylic acids is 2. The van der Waals surface area contributed by atoms with Crippen molar-refractivity contribution in [2.75, 3.05) is 13.2 Å². The third-order valence-corrected chi connectivity index (χ3v) is 8.87. The molecule has 32 heavy (non-hydrogen) atoms. The number of rotatable bonds is 7. The van der Waals surface area contributed by atoms with E-state index in [4.69, 9.17) is 9.47 Å². The second kappa shape index (κ2) is 9.20. The normalized spacial score (nSPS) is 30.4. The number of hydrogen-bond acceptors (Lipinski definition) is 5. The standard InChI is InChI=1S/C27H32O4S/c1-16-8-10-19(11-9-16)26(29)25-20(15-23-30-12-13-31-23)24(25)21-14-22(32-27(21)17(2)28)18-6-4-3-5-7-18/h3-7,14,16,19-20,23-25H,8-13,15H2,1-2H3. The van der Waals surface area contributed by atoms with Gasteiger partial charge in [0.05, 0.1) is 18.1 Å². The lowest BCUT2D eigenvalue weighted by Crippen LogP contribution is -2.23. The molecule has 4 nitrogen and oxygen atoms in total. The zero-order valence-corrected chi connectivity index (χ0v) is 19.7. The Morgan fingerprint density at radius 3 is 2.38 bits per heavy atom. The molecule has 3 fully saturated rings. The van der Waals surface area contributed by atoms with Crippen molar-refractivity contribution in [2.45, 2.75) is 58.2 Å². The third-order valence-electron chi connectivity index (χ3n) is 7.57. The van der Waals surface area contributed by atoms with Crippen molar-refractivity contribution in [1.29, 1.82) is 0 Å². The second-order valence-corrected chi connectivity index (χ2v) is 10.9. The van der Waals surface area contributed by atoms with Crippen LogP contribution in [0.25, 0.3) is 10.4 Å². The topological polar surface area (TPSA) is 52.6 Å². The SMILES string of the molecule is CC(=O)c1sc(-c2ccccc2)cc1C1C(CC2OCCO2)C1C(=O)C1CCC(C)CC1. The molecule has 1 saturated heterocycles. The number of Topliss-reactive ketones (excluding diaryl/α,β-unsaturated/α-hetero) is 2. The highest BCUT2D eigenvalue weighted by molar-refractivity contribution is 7.17. The van der Waals surface area contributed by atoms with Crippen molar-refractivity contribution in [2.24, 2.45) is 23.7 Å². The van der Waals surface area contributed by atoms with E-state index in [1.165, 1.54) is 0 Å². The molecular weight excluding hydrogens is 420 g/mol. The van der Waals surface area contributed by atoms with E-state index in [0.717, 1.165) is 58.9 Å². The quantitative estimate of drug-likeness (QED) is 0.476. The molecule has 5 rings (SSSR count). The number of hydrogen-bond donors (Lipinski definition) is 0. The maximum Gasteiger partial charge on any atom is 0.170 e. The second-order valence-electron chi connectivity index (χ2n) is 9.80. The van der Waals surface area contributed by atoms with E-state index in [1.807, 2.05) is 18.2 Å².